The maximum Gasteiger partial charge on any atom is 0.226 e. The Balaban J connectivity index is 2.93. The zero-order valence-electron chi connectivity index (χ0n) is 5.81. The number of H-pyrrole nitrogens is 1. The van der Waals surface area contributed by atoms with Gasteiger partial charge in [0.2, 0.25) is 5.28 Å². The van der Waals surface area contributed by atoms with Crippen LogP contribution in [0.3, 0.4) is 0 Å². The maximum absolute atomic E-state index is 5.80. The number of nitrogens with two attached hydrogens (primary N) is 1. The van der Waals surface area contributed by atoms with Gasteiger partial charge in [-0.1, -0.05) is 11.6 Å². The highest BCUT2D eigenvalue weighted by atomic mass is 35.5. The predicted octanol–water partition coefficient (Wildman–Crippen LogP) is 1.85. The number of anilines is 1. The second kappa shape index (κ2) is 2.50. The molecule has 4 nitrogen and oxygen atoms in total. The third kappa shape index (κ3) is 1.00. The van der Waals surface area contributed by atoms with Crippen LogP contribution in [0.4, 0.5) is 5.82 Å². The van der Waals surface area contributed by atoms with Crippen LogP contribution in [0, 0.1) is 0 Å². The summed E-state index contributed by atoms with van der Waals surface area (Å²) in [6.45, 7) is 0. The van der Waals surface area contributed by atoms with Crippen LogP contribution in [0.5, 0.6) is 0 Å². The maximum atomic E-state index is 5.80. The summed E-state index contributed by atoms with van der Waals surface area (Å²) in [6.07, 6.45) is 1.59. The van der Waals surface area contributed by atoms with Crippen LogP contribution in [0.1, 0.15) is 0 Å². The first-order valence-corrected chi connectivity index (χ1v) is 3.89. The number of fused-ring (bicyclic) bond motifs is 1. The van der Waals surface area contributed by atoms with Crippen molar-refractivity contribution in [1.82, 2.24) is 15.0 Å². The molecular formula is C6H4Cl2N4. The van der Waals surface area contributed by atoms with Gasteiger partial charge in [-0.15, -0.1) is 0 Å². The first-order valence-electron chi connectivity index (χ1n) is 3.14. The van der Waals surface area contributed by atoms with Gasteiger partial charge in [-0.2, -0.15) is 4.98 Å². The van der Waals surface area contributed by atoms with Crippen molar-refractivity contribution in [1.29, 1.82) is 0 Å². The molecule has 0 aliphatic heterocycles. The van der Waals surface area contributed by atoms with E-state index < -0.39 is 0 Å². The summed E-state index contributed by atoms with van der Waals surface area (Å²) in [5, 5.41) is 1.22. The SMILES string of the molecule is Nc1nc(Cl)nc2[nH]cc(Cl)c12. The monoisotopic (exact) mass is 202 g/mol. The van der Waals surface area contributed by atoms with Crippen LogP contribution in [-0.4, -0.2) is 15.0 Å². The number of rotatable bonds is 0. The van der Waals surface area contributed by atoms with Gasteiger partial charge in [-0.25, -0.2) is 4.98 Å². The molecule has 0 atom stereocenters. The molecule has 0 fully saturated rings. The van der Waals surface area contributed by atoms with Crippen molar-refractivity contribution in [3.63, 3.8) is 0 Å². The van der Waals surface area contributed by atoms with Crippen molar-refractivity contribution < 1.29 is 0 Å². The quantitative estimate of drug-likeness (QED) is 0.642. The van der Waals surface area contributed by atoms with Gasteiger partial charge in [0.05, 0.1) is 10.4 Å². The lowest BCUT2D eigenvalue weighted by Gasteiger charge is -1.95. The van der Waals surface area contributed by atoms with E-state index in [1.807, 2.05) is 0 Å². The summed E-state index contributed by atoms with van der Waals surface area (Å²) < 4.78 is 0. The van der Waals surface area contributed by atoms with Gasteiger partial charge in [0.15, 0.2) is 0 Å². The average Bonchev–Trinajstić information content (AvgIpc) is 2.31. The van der Waals surface area contributed by atoms with Gasteiger partial charge in [0.25, 0.3) is 0 Å². The van der Waals surface area contributed by atoms with Gasteiger partial charge >= 0.3 is 0 Å². The minimum atomic E-state index is 0.110. The summed E-state index contributed by atoms with van der Waals surface area (Å²) in [5.74, 6) is 0.288. The summed E-state index contributed by atoms with van der Waals surface area (Å²) >= 11 is 11.4. The molecule has 12 heavy (non-hydrogen) atoms. The molecule has 0 unspecified atom stereocenters. The smallest absolute Gasteiger partial charge is 0.226 e. The van der Waals surface area contributed by atoms with Crippen LogP contribution in [0.2, 0.25) is 10.3 Å². The number of aromatic amines is 1. The third-order valence-electron chi connectivity index (χ3n) is 1.48. The summed E-state index contributed by atoms with van der Waals surface area (Å²) in [7, 11) is 0. The first-order chi connectivity index (χ1) is 5.68. The number of hydrogen-bond donors (Lipinski definition) is 2. The van der Waals surface area contributed by atoms with Crippen molar-refractivity contribution in [3.05, 3.63) is 16.5 Å². The number of aromatic nitrogens is 3. The van der Waals surface area contributed by atoms with Crippen molar-refractivity contribution in [3.8, 4) is 0 Å². The van der Waals surface area contributed by atoms with Gasteiger partial charge < -0.3 is 10.7 Å². The minimum Gasteiger partial charge on any atom is -0.383 e. The normalized spacial score (nSPS) is 10.8. The van der Waals surface area contributed by atoms with Crippen molar-refractivity contribution >= 4 is 40.1 Å². The Hall–Kier alpha value is -1.00. The number of nitrogens with one attached hydrogen (secondary N) is 1. The van der Waals surface area contributed by atoms with E-state index >= 15 is 0 Å². The fraction of sp³-hybridized carbons (Fsp3) is 0. The van der Waals surface area contributed by atoms with Crippen molar-refractivity contribution in [2.75, 3.05) is 5.73 Å². The molecule has 0 aliphatic rings. The first kappa shape index (κ1) is 7.64. The number of nitrogen functional groups attached to an aromatic ring is 1. The molecule has 0 bridgehead atoms. The molecule has 62 valence electrons. The molecule has 0 aromatic carbocycles. The fourth-order valence-electron chi connectivity index (χ4n) is 0.994. The lowest BCUT2D eigenvalue weighted by molar-refractivity contribution is 1.21. The Morgan fingerprint density at radius 3 is 2.83 bits per heavy atom. The largest absolute Gasteiger partial charge is 0.383 e. The van der Waals surface area contributed by atoms with Crippen molar-refractivity contribution in [2.24, 2.45) is 0 Å². The van der Waals surface area contributed by atoms with Crippen LogP contribution in [-0.2, 0) is 0 Å². The lowest BCUT2D eigenvalue weighted by Crippen LogP contribution is -1.93. The fourth-order valence-corrected chi connectivity index (χ4v) is 1.41. The summed E-state index contributed by atoms with van der Waals surface area (Å²) in [5.41, 5.74) is 6.12. The molecule has 2 rings (SSSR count). The van der Waals surface area contributed by atoms with Gasteiger partial charge in [0, 0.05) is 6.20 Å². The number of hydrogen-bond acceptors (Lipinski definition) is 3. The second-order valence-electron chi connectivity index (χ2n) is 2.24. The topological polar surface area (TPSA) is 67.6 Å². The Labute approximate surface area is 77.7 Å². The van der Waals surface area contributed by atoms with E-state index in [0.717, 1.165) is 0 Å². The molecule has 3 N–H and O–H groups in total. The van der Waals surface area contributed by atoms with Gasteiger partial charge in [-0.05, 0) is 11.6 Å². The van der Waals surface area contributed by atoms with Crippen LogP contribution < -0.4 is 5.73 Å². The summed E-state index contributed by atoms with van der Waals surface area (Å²) in [4.78, 5) is 10.5. The van der Waals surface area contributed by atoms with Crippen LogP contribution in [0.15, 0.2) is 6.20 Å². The molecule has 6 heteroatoms. The minimum absolute atomic E-state index is 0.110. The molecule has 0 aliphatic carbocycles. The van der Waals surface area contributed by atoms with Crippen molar-refractivity contribution in [2.45, 2.75) is 0 Å². The van der Waals surface area contributed by atoms with Gasteiger partial charge in [-0.3, -0.25) is 0 Å². The predicted molar refractivity (Wildman–Crippen MR) is 48.3 cm³/mol. The van der Waals surface area contributed by atoms with Crippen LogP contribution in [0.25, 0.3) is 11.0 Å². The number of halogens is 2. The Bertz CT molecular complexity index is 436. The molecule has 2 aromatic heterocycles. The Morgan fingerprint density at radius 1 is 1.33 bits per heavy atom. The molecular weight excluding hydrogens is 199 g/mol. The standard InChI is InChI=1S/C6H4Cl2N4/c7-2-1-10-5-3(2)4(9)11-6(8)12-5/h1H,(H3,9,10,11,12). The second-order valence-corrected chi connectivity index (χ2v) is 2.98. The van der Waals surface area contributed by atoms with E-state index in [0.29, 0.717) is 16.1 Å². The zero-order chi connectivity index (χ0) is 8.72. The van der Waals surface area contributed by atoms with E-state index in [-0.39, 0.29) is 11.1 Å². The van der Waals surface area contributed by atoms with Crippen LogP contribution >= 0.6 is 23.2 Å². The highest BCUT2D eigenvalue weighted by Gasteiger charge is 2.08. The molecule has 0 saturated carbocycles. The van der Waals surface area contributed by atoms with E-state index in [1.54, 1.807) is 6.20 Å². The highest BCUT2D eigenvalue weighted by molar-refractivity contribution is 6.36. The molecule has 0 saturated heterocycles. The van der Waals surface area contributed by atoms with E-state index in [9.17, 15) is 0 Å². The number of nitrogens with zero attached hydrogens (tertiary/aromatic N) is 2. The third-order valence-corrected chi connectivity index (χ3v) is 1.95. The molecule has 2 heterocycles. The molecule has 0 amide bonds. The lowest BCUT2D eigenvalue weighted by atomic mass is 10.4. The van der Waals surface area contributed by atoms with Gasteiger partial charge in [0.1, 0.15) is 11.5 Å². The molecule has 2 aromatic rings. The zero-order valence-corrected chi connectivity index (χ0v) is 7.32. The molecule has 0 spiro atoms. The van der Waals surface area contributed by atoms with E-state index in [4.69, 9.17) is 28.9 Å². The average molecular weight is 203 g/mol. The summed E-state index contributed by atoms with van der Waals surface area (Å²) in [6, 6.07) is 0. The highest BCUT2D eigenvalue weighted by Crippen LogP contribution is 2.26. The van der Waals surface area contributed by atoms with E-state index in [2.05, 4.69) is 15.0 Å². The van der Waals surface area contributed by atoms with E-state index in [1.165, 1.54) is 0 Å². The molecule has 0 radical (unpaired) electrons. The Morgan fingerprint density at radius 2 is 2.08 bits per heavy atom. The Kier molecular flexibility index (Phi) is 1.59.